The van der Waals surface area contributed by atoms with Crippen LogP contribution in [0, 0.1) is 0 Å². The smallest absolute Gasteiger partial charge is 0.224 e. The predicted molar refractivity (Wildman–Crippen MR) is 87.2 cm³/mol. The molecule has 1 aromatic carbocycles. The number of nitrogens with one attached hydrogen (secondary N) is 1. The molecule has 1 fully saturated rings. The lowest BCUT2D eigenvalue weighted by molar-refractivity contribution is -0.115. The van der Waals surface area contributed by atoms with Gasteiger partial charge >= 0.3 is 0 Å². The van der Waals surface area contributed by atoms with E-state index in [0.29, 0.717) is 12.1 Å². The second-order valence-electron chi connectivity index (χ2n) is 5.53. The maximum absolute atomic E-state index is 11.6. The van der Waals surface area contributed by atoms with E-state index in [1.54, 1.807) is 0 Å². The number of nitrogens with two attached hydrogens (primary N) is 1. The number of carbonyl (C=O) groups excluding carboxylic acids is 1. The van der Waals surface area contributed by atoms with Gasteiger partial charge in [-0.25, -0.2) is 0 Å². The summed E-state index contributed by atoms with van der Waals surface area (Å²) in [6.07, 6.45) is 0.476. The highest BCUT2D eigenvalue weighted by atomic mass is 16.1. The molecule has 5 nitrogen and oxygen atoms in total. The summed E-state index contributed by atoms with van der Waals surface area (Å²) in [6.45, 7) is 10.4. The molecule has 1 aromatic rings. The molecule has 3 N–H and O–H groups in total. The molecule has 0 saturated carbocycles. The van der Waals surface area contributed by atoms with Crippen molar-refractivity contribution in [2.75, 3.05) is 43.8 Å². The fraction of sp³-hybridized carbons (Fsp3) is 0.562. The number of likely N-dealkylation sites (N-methyl/N-ethyl adjacent to an activating group) is 1. The van der Waals surface area contributed by atoms with Crippen molar-refractivity contribution in [2.24, 2.45) is 0 Å². The molecule has 2 rings (SSSR count). The average molecular weight is 290 g/mol. The molecule has 0 radical (unpaired) electrons. The van der Waals surface area contributed by atoms with Crippen LogP contribution in [0.3, 0.4) is 0 Å². The second kappa shape index (κ2) is 7.43. The van der Waals surface area contributed by atoms with Crippen LogP contribution in [0.5, 0.6) is 0 Å². The standard InChI is InChI=1S/C16H26N4O/c1-3-16(21)18-15-11-14(17)6-5-13(15)12-20-9-7-19(4-2)8-10-20/h5-6,11H,3-4,7-10,12,17H2,1-2H3,(H,18,21). The Balaban J connectivity index is 2.03. The zero-order valence-corrected chi connectivity index (χ0v) is 13.1. The minimum Gasteiger partial charge on any atom is -0.399 e. The molecule has 21 heavy (non-hydrogen) atoms. The average Bonchev–Trinajstić information content (AvgIpc) is 2.50. The van der Waals surface area contributed by atoms with Gasteiger partial charge in [-0.1, -0.05) is 19.9 Å². The fourth-order valence-corrected chi connectivity index (χ4v) is 2.59. The van der Waals surface area contributed by atoms with Crippen molar-refractivity contribution in [3.05, 3.63) is 23.8 Å². The largest absolute Gasteiger partial charge is 0.399 e. The molecule has 0 aliphatic carbocycles. The number of hydrogen-bond donors (Lipinski definition) is 2. The number of nitrogen functional groups attached to an aromatic ring is 1. The van der Waals surface area contributed by atoms with E-state index in [9.17, 15) is 4.79 Å². The zero-order chi connectivity index (χ0) is 15.2. The second-order valence-corrected chi connectivity index (χ2v) is 5.53. The molecule has 1 heterocycles. The number of anilines is 2. The van der Waals surface area contributed by atoms with Crippen molar-refractivity contribution < 1.29 is 4.79 Å². The third-order valence-corrected chi connectivity index (χ3v) is 4.04. The zero-order valence-electron chi connectivity index (χ0n) is 13.1. The van der Waals surface area contributed by atoms with Crippen molar-refractivity contribution in [1.29, 1.82) is 0 Å². The van der Waals surface area contributed by atoms with Crippen molar-refractivity contribution >= 4 is 17.3 Å². The lowest BCUT2D eigenvalue weighted by Gasteiger charge is -2.34. The highest BCUT2D eigenvalue weighted by Crippen LogP contribution is 2.22. The summed E-state index contributed by atoms with van der Waals surface area (Å²) < 4.78 is 0. The summed E-state index contributed by atoms with van der Waals surface area (Å²) in [4.78, 5) is 16.5. The van der Waals surface area contributed by atoms with Crippen molar-refractivity contribution in [3.63, 3.8) is 0 Å². The van der Waals surface area contributed by atoms with Gasteiger partial charge < -0.3 is 16.0 Å². The van der Waals surface area contributed by atoms with Crippen molar-refractivity contribution in [2.45, 2.75) is 26.8 Å². The van der Waals surface area contributed by atoms with Gasteiger partial charge in [0.2, 0.25) is 5.91 Å². The van der Waals surface area contributed by atoms with Gasteiger partial charge in [0.1, 0.15) is 0 Å². The molecular formula is C16H26N4O. The quantitative estimate of drug-likeness (QED) is 0.811. The highest BCUT2D eigenvalue weighted by Gasteiger charge is 2.17. The Hall–Kier alpha value is -1.59. The van der Waals surface area contributed by atoms with Gasteiger partial charge in [0.15, 0.2) is 0 Å². The van der Waals surface area contributed by atoms with Crippen LogP contribution < -0.4 is 11.1 Å². The third-order valence-electron chi connectivity index (χ3n) is 4.04. The fourth-order valence-electron chi connectivity index (χ4n) is 2.59. The normalized spacial score (nSPS) is 16.9. The maximum Gasteiger partial charge on any atom is 0.224 e. The summed E-state index contributed by atoms with van der Waals surface area (Å²) in [6, 6.07) is 5.78. The lowest BCUT2D eigenvalue weighted by Crippen LogP contribution is -2.45. The SMILES string of the molecule is CCC(=O)Nc1cc(N)ccc1CN1CCN(CC)CC1. The topological polar surface area (TPSA) is 61.6 Å². The molecular weight excluding hydrogens is 264 g/mol. The summed E-state index contributed by atoms with van der Waals surface area (Å²) in [5.74, 6) is 0.0256. The minimum absolute atomic E-state index is 0.0256. The van der Waals surface area contributed by atoms with E-state index < -0.39 is 0 Å². The van der Waals surface area contributed by atoms with E-state index in [0.717, 1.165) is 50.5 Å². The molecule has 1 saturated heterocycles. The van der Waals surface area contributed by atoms with Crippen molar-refractivity contribution in [3.8, 4) is 0 Å². The van der Waals surface area contributed by atoms with Crippen LogP contribution in [0.2, 0.25) is 0 Å². The monoisotopic (exact) mass is 290 g/mol. The van der Waals surface area contributed by atoms with Crippen LogP contribution in [-0.2, 0) is 11.3 Å². The van der Waals surface area contributed by atoms with Crippen LogP contribution in [0.15, 0.2) is 18.2 Å². The van der Waals surface area contributed by atoms with Crippen LogP contribution >= 0.6 is 0 Å². The number of piperazine rings is 1. The summed E-state index contributed by atoms with van der Waals surface area (Å²) >= 11 is 0. The van der Waals surface area contributed by atoms with E-state index in [2.05, 4.69) is 22.0 Å². The minimum atomic E-state index is 0.0256. The molecule has 116 valence electrons. The molecule has 1 aliphatic rings. The maximum atomic E-state index is 11.6. The van der Waals surface area contributed by atoms with Gasteiger partial charge in [-0.05, 0) is 24.2 Å². The number of benzene rings is 1. The molecule has 1 aliphatic heterocycles. The molecule has 0 aromatic heterocycles. The van der Waals surface area contributed by atoms with E-state index in [1.165, 1.54) is 0 Å². The number of rotatable bonds is 5. The van der Waals surface area contributed by atoms with Gasteiger partial charge in [-0.3, -0.25) is 9.69 Å². The Morgan fingerprint density at radius 3 is 2.48 bits per heavy atom. The predicted octanol–water partition coefficient (Wildman–Crippen LogP) is 1.75. The van der Waals surface area contributed by atoms with E-state index >= 15 is 0 Å². The number of carbonyl (C=O) groups is 1. The number of hydrogen-bond acceptors (Lipinski definition) is 4. The van der Waals surface area contributed by atoms with Crippen LogP contribution in [0.1, 0.15) is 25.8 Å². The van der Waals surface area contributed by atoms with Gasteiger partial charge in [0.25, 0.3) is 0 Å². The Labute approximate surface area is 127 Å². The lowest BCUT2D eigenvalue weighted by atomic mass is 10.1. The highest BCUT2D eigenvalue weighted by molar-refractivity contribution is 5.91. The van der Waals surface area contributed by atoms with Crippen LogP contribution in [-0.4, -0.2) is 48.4 Å². The molecule has 0 unspecified atom stereocenters. The summed E-state index contributed by atoms with van der Waals surface area (Å²) in [7, 11) is 0. The molecule has 0 bridgehead atoms. The van der Waals surface area contributed by atoms with E-state index in [-0.39, 0.29) is 5.91 Å². The van der Waals surface area contributed by atoms with Crippen LogP contribution in [0.25, 0.3) is 0 Å². The Kier molecular flexibility index (Phi) is 5.59. The summed E-state index contributed by atoms with van der Waals surface area (Å²) in [5.41, 5.74) is 8.51. The van der Waals surface area contributed by atoms with Gasteiger partial charge in [-0.2, -0.15) is 0 Å². The summed E-state index contributed by atoms with van der Waals surface area (Å²) in [5, 5.41) is 2.95. The van der Waals surface area contributed by atoms with Crippen LogP contribution in [0.4, 0.5) is 11.4 Å². The van der Waals surface area contributed by atoms with Gasteiger partial charge in [0.05, 0.1) is 0 Å². The van der Waals surface area contributed by atoms with Gasteiger partial charge in [-0.15, -0.1) is 0 Å². The first-order valence-corrected chi connectivity index (χ1v) is 7.75. The first kappa shape index (κ1) is 15.8. The first-order valence-electron chi connectivity index (χ1n) is 7.75. The van der Waals surface area contributed by atoms with Gasteiger partial charge in [0, 0.05) is 50.5 Å². The molecule has 1 amide bonds. The number of amides is 1. The van der Waals surface area contributed by atoms with E-state index in [4.69, 9.17) is 5.73 Å². The van der Waals surface area contributed by atoms with E-state index in [1.807, 2.05) is 25.1 Å². The van der Waals surface area contributed by atoms with Crippen molar-refractivity contribution in [1.82, 2.24) is 9.80 Å². The Bertz CT molecular complexity index is 481. The molecule has 0 atom stereocenters. The third kappa shape index (κ3) is 4.44. The Morgan fingerprint density at radius 1 is 1.19 bits per heavy atom. The Morgan fingerprint density at radius 2 is 1.86 bits per heavy atom. The molecule has 0 spiro atoms. The first-order chi connectivity index (χ1) is 10.1. The molecule has 5 heteroatoms. The number of nitrogens with zero attached hydrogens (tertiary/aromatic N) is 2.